The Morgan fingerprint density at radius 1 is 1.17 bits per heavy atom. The van der Waals surface area contributed by atoms with Gasteiger partial charge in [-0.05, 0) is 55.8 Å². The van der Waals surface area contributed by atoms with Crippen LogP contribution >= 0.6 is 23.2 Å². The molecular formula is C24H26Cl2F2N2O5. The standard InChI is InChI=1S/C24H26Cl2F2N2O5/c25-18-11-30(32)12-19(26)17(18)10-21(34-23(31)9-16-2-1-7-29-16)15-5-6-20(35-24(27)28)22(8-15)33-13-14-3-4-14/h5-6,8,11-12,14,16,21,24,29H,1-4,7,9-10,13H2/t16-,21-/m0/s1. The zero-order chi connectivity index (χ0) is 24.9. The van der Waals surface area contributed by atoms with E-state index in [1.807, 2.05) is 0 Å². The molecule has 35 heavy (non-hydrogen) atoms. The number of ether oxygens (including phenoxy) is 3. The molecule has 2 aromatic rings. The van der Waals surface area contributed by atoms with Crippen LogP contribution in [0.1, 0.15) is 49.3 Å². The first-order chi connectivity index (χ1) is 16.8. The molecule has 11 heteroatoms. The second kappa shape index (κ2) is 11.6. The van der Waals surface area contributed by atoms with Crippen LogP contribution in [-0.2, 0) is 16.0 Å². The average Bonchev–Trinajstić information content (AvgIpc) is 3.48. The predicted octanol–water partition coefficient (Wildman–Crippen LogP) is 4.99. The van der Waals surface area contributed by atoms with Crippen molar-refractivity contribution < 1.29 is 32.5 Å². The normalized spacial score (nSPS) is 18.5. The topological polar surface area (TPSA) is 83.7 Å². The molecule has 1 saturated carbocycles. The summed E-state index contributed by atoms with van der Waals surface area (Å²) in [5.74, 6) is -0.0141. The fourth-order valence-electron chi connectivity index (χ4n) is 4.00. The summed E-state index contributed by atoms with van der Waals surface area (Å²) in [6.07, 6.45) is 5.62. The van der Waals surface area contributed by atoms with E-state index < -0.39 is 18.7 Å². The van der Waals surface area contributed by atoms with Gasteiger partial charge in [-0.3, -0.25) is 4.79 Å². The zero-order valence-electron chi connectivity index (χ0n) is 18.9. The van der Waals surface area contributed by atoms with Gasteiger partial charge in [0.05, 0.1) is 13.0 Å². The van der Waals surface area contributed by atoms with E-state index in [-0.39, 0.29) is 40.4 Å². The number of nitrogens with zero attached hydrogens (tertiary/aromatic N) is 1. The molecule has 1 N–H and O–H groups in total. The average molecular weight is 531 g/mol. The number of alkyl halides is 2. The van der Waals surface area contributed by atoms with Crippen molar-refractivity contribution in [2.45, 2.75) is 57.3 Å². The fourth-order valence-corrected chi connectivity index (χ4v) is 4.60. The summed E-state index contributed by atoms with van der Waals surface area (Å²) in [6, 6.07) is 4.46. The highest BCUT2D eigenvalue weighted by Gasteiger charge is 2.27. The number of esters is 1. The Kier molecular flexibility index (Phi) is 8.51. The Labute approximate surface area is 211 Å². The van der Waals surface area contributed by atoms with Gasteiger partial charge in [0.15, 0.2) is 23.9 Å². The Balaban J connectivity index is 1.61. The van der Waals surface area contributed by atoms with E-state index in [1.165, 1.54) is 18.2 Å². The summed E-state index contributed by atoms with van der Waals surface area (Å²) in [6.45, 7) is -1.79. The molecule has 7 nitrogen and oxygen atoms in total. The Bertz CT molecular complexity index is 1030. The molecule has 1 aromatic heterocycles. The largest absolute Gasteiger partial charge is 0.619 e. The van der Waals surface area contributed by atoms with Crippen LogP contribution in [0.2, 0.25) is 10.0 Å². The Morgan fingerprint density at radius 2 is 1.91 bits per heavy atom. The summed E-state index contributed by atoms with van der Waals surface area (Å²) >= 11 is 12.5. The van der Waals surface area contributed by atoms with Gasteiger partial charge in [0.2, 0.25) is 0 Å². The molecule has 2 heterocycles. The number of benzene rings is 1. The number of rotatable bonds is 11. The number of hydrogen-bond acceptors (Lipinski definition) is 6. The lowest BCUT2D eigenvalue weighted by Crippen LogP contribution is -2.27. The maximum atomic E-state index is 12.9. The van der Waals surface area contributed by atoms with Crippen LogP contribution in [0.4, 0.5) is 8.78 Å². The molecule has 1 aliphatic carbocycles. The lowest BCUT2D eigenvalue weighted by Gasteiger charge is -2.22. The highest BCUT2D eigenvalue weighted by Crippen LogP contribution is 2.38. The van der Waals surface area contributed by atoms with E-state index in [0.29, 0.717) is 28.4 Å². The summed E-state index contributed by atoms with van der Waals surface area (Å²) in [5.41, 5.74) is 0.918. The molecule has 2 fully saturated rings. The molecule has 190 valence electrons. The van der Waals surface area contributed by atoms with Crippen molar-refractivity contribution in [3.05, 3.63) is 57.0 Å². The van der Waals surface area contributed by atoms with Gasteiger partial charge in [-0.25, -0.2) is 0 Å². The maximum absolute atomic E-state index is 12.9. The highest BCUT2D eigenvalue weighted by molar-refractivity contribution is 6.35. The third kappa shape index (κ3) is 7.32. The smallest absolute Gasteiger partial charge is 0.387 e. The van der Waals surface area contributed by atoms with Gasteiger partial charge in [0, 0.05) is 18.0 Å². The molecule has 0 amide bonds. The van der Waals surface area contributed by atoms with Crippen molar-refractivity contribution in [2.75, 3.05) is 13.2 Å². The van der Waals surface area contributed by atoms with Gasteiger partial charge in [-0.15, -0.1) is 0 Å². The van der Waals surface area contributed by atoms with E-state index in [0.717, 1.165) is 44.6 Å². The molecule has 1 aromatic carbocycles. The van der Waals surface area contributed by atoms with E-state index in [9.17, 15) is 18.8 Å². The van der Waals surface area contributed by atoms with Crippen LogP contribution in [0.15, 0.2) is 30.6 Å². The van der Waals surface area contributed by atoms with Gasteiger partial charge >= 0.3 is 12.6 Å². The van der Waals surface area contributed by atoms with Crippen LogP contribution in [0.3, 0.4) is 0 Å². The Morgan fingerprint density at radius 3 is 2.54 bits per heavy atom. The van der Waals surface area contributed by atoms with Crippen molar-refractivity contribution in [3.8, 4) is 11.5 Å². The predicted molar refractivity (Wildman–Crippen MR) is 125 cm³/mol. The SMILES string of the molecule is O=C(C[C@@H]1CCCN1)O[C@@H](Cc1c(Cl)c[n+]([O-])cc1Cl)c1ccc(OC(F)F)c(OCC2CC2)c1. The number of aromatic nitrogens is 1. The minimum absolute atomic E-state index is 0.0331. The third-order valence-electron chi connectivity index (χ3n) is 6.02. The van der Waals surface area contributed by atoms with Gasteiger partial charge in [0.25, 0.3) is 0 Å². The lowest BCUT2D eigenvalue weighted by atomic mass is 10.0. The summed E-state index contributed by atoms with van der Waals surface area (Å²) in [4.78, 5) is 12.8. The quantitative estimate of drug-likeness (QED) is 0.250. The molecule has 1 saturated heterocycles. The van der Waals surface area contributed by atoms with Crippen molar-refractivity contribution in [3.63, 3.8) is 0 Å². The van der Waals surface area contributed by atoms with Crippen molar-refractivity contribution in [1.82, 2.24) is 5.32 Å². The monoisotopic (exact) mass is 530 g/mol. The van der Waals surface area contributed by atoms with Crippen molar-refractivity contribution in [1.29, 1.82) is 0 Å². The fraction of sp³-hybridized carbons (Fsp3) is 0.500. The number of carbonyl (C=O) groups excluding carboxylic acids is 1. The molecule has 0 unspecified atom stereocenters. The van der Waals surface area contributed by atoms with Crippen molar-refractivity contribution >= 4 is 29.2 Å². The first-order valence-corrected chi connectivity index (χ1v) is 12.2. The lowest BCUT2D eigenvalue weighted by molar-refractivity contribution is -0.605. The molecule has 1 aliphatic heterocycles. The second-order valence-corrected chi connectivity index (χ2v) is 9.63. The number of hydrogen-bond donors (Lipinski definition) is 1. The van der Waals surface area contributed by atoms with Crippen LogP contribution in [-0.4, -0.2) is 31.8 Å². The number of carbonyl (C=O) groups is 1. The highest BCUT2D eigenvalue weighted by atomic mass is 35.5. The zero-order valence-corrected chi connectivity index (χ0v) is 20.4. The molecule has 0 radical (unpaired) electrons. The van der Waals surface area contributed by atoms with Crippen LogP contribution in [0.5, 0.6) is 11.5 Å². The molecular weight excluding hydrogens is 505 g/mol. The van der Waals surface area contributed by atoms with E-state index in [1.54, 1.807) is 0 Å². The van der Waals surface area contributed by atoms with Crippen LogP contribution < -0.4 is 19.5 Å². The van der Waals surface area contributed by atoms with Crippen LogP contribution in [0, 0.1) is 11.1 Å². The molecule has 4 rings (SSSR count). The molecule has 0 spiro atoms. The first-order valence-electron chi connectivity index (χ1n) is 11.5. The van der Waals surface area contributed by atoms with E-state index >= 15 is 0 Å². The summed E-state index contributed by atoms with van der Waals surface area (Å²) < 4.78 is 42.6. The first kappa shape index (κ1) is 25.7. The molecule has 2 aliphatic rings. The van der Waals surface area contributed by atoms with E-state index in [4.69, 9.17) is 32.7 Å². The summed E-state index contributed by atoms with van der Waals surface area (Å²) in [7, 11) is 0. The van der Waals surface area contributed by atoms with Crippen LogP contribution in [0.25, 0.3) is 0 Å². The Hall–Kier alpha value is -2.36. The number of nitrogens with one attached hydrogen (secondary N) is 1. The second-order valence-electron chi connectivity index (χ2n) is 8.81. The number of halogens is 4. The van der Waals surface area contributed by atoms with Gasteiger partial charge in [-0.1, -0.05) is 29.3 Å². The molecule has 0 bridgehead atoms. The van der Waals surface area contributed by atoms with Gasteiger partial charge in [-0.2, -0.15) is 13.5 Å². The van der Waals surface area contributed by atoms with Gasteiger partial charge in [0.1, 0.15) is 16.1 Å². The minimum Gasteiger partial charge on any atom is -0.619 e. The maximum Gasteiger partial charge on any atom is 0.387 e. The van der Waals surface area contributed by atoms with Gasteiger partial charge < -0.3 is 24.7 Å². The molecule has 2 atom stereocenters. The van der Waals surface area contributed by atoms with Crippen molar-refractivity contribution in [2.24, 2.45) is 5.92 Å². The number of pyridine rings is 1. The minimum atomic E-state index is -3.02. The summed E-state index contributed by atoms with van der Waals surface area (Å²) in [5, 5.41) is 15.1. The third-order valence-corrected chi connectivity index (χ3v) is 6.67. The van der Waals surface area contributed by atoms with E-state index in [2.05, 4.69) is 10.1 Å².